The summed E-state index contributed by atoms with van der Waals surface area (Å²) in [5.74, 6) is 0.159. The highest BCUT2D eigenvalue weighted by molar-refractivity contribution is 5.78. The van der Waals surface area contributed by atoms with Gasteiger partial charge < -0.3 is 10.7 Å². The summed E-state index contributed by atoms with van der Waals surface area (Å²) >= 11 is 0. The average Bonchev–Trinajstić information content (AvgIpc) is 2.26. The molecule has 2 rings (SSSR count). The molecule has 0 fully saturated rings. The van der Waals surface area contributed by atoms with Gasteiger partial charge in [0.1, 0.15) is 5.82 Å². The van der Waals surface area contributed by atoms with Gasteiger partial charge in [0.05, 0.1) is 22.5 Å². The number of aromatic nitrogens is 2. The molecule has 1 atom stereocenters. The molecule has 1 unspecified atom stereocenters. The molecule has 3 N–H and O–H groups in total. The number of H-pyrrole nitrogens is 1. The van der Waals surface area contributed by atoms with Crippen molar-refractivity contribution < 1.29 is 13.2 Å². The lowest BCUT2D eigenvalue weighted by Crippen LogP contribution is -2.18. The Morgan fingerprint density at radius 2 is 2.06 bits per heavy atom. The van der Waals surface area contributed by atoms with Crippen LogP contribution in [0.3, 0.4) is 0 Å². The molecule has 0 saturated heterocycles. The first-order valence-electron chi connectivity index (χ1n) is 5.16. The number of halogens is 3. The number of benzene rings is 1. The van der Waals surface area contributed by atoms with Gasteiger partial charge in [-0.25, -0.2) is 4.98 Å². The van der Waals surface area contributed by atoms with Crippen LogP contribution in [0.25, 0.3) is 10.9 Å². The zero-order chi connectivity index (χ0) is 13.5. The summed E-state index contributed by atoms with van der Waals surface area (Å²) in [6.45, 7) is 1.58. The Morgan fingerprint density at radius 3 is 2.61 bits per heavy atom. The molecule has 0 aliphatic rings. The molecule has 0 radical (unpaired) electrons. The molecular formula is C11H10F3N3O. The first-order chi connectivity index (χ1) is 8.29. The minimum atomic E-state index is -4.47. The van der Waals surface area contributed by atoms with Crippen molar-refractivity contribution in [2.45, 2.75) is 19.1 Å². The molecule has 1 aromatic heterocycles. The summed E-state index contributed by atoms with van der Waals surface area (Å²) in [6.07, 6.45) is -4.47. The van der Waals surface area contributed by atoms with Crippen LogP contribution in [0, 0.1) is 0 Å². The van der Waals surface area contributed by atoms with Crippen LogP contribution < -0.4 is 11.3 Å². The van der Waals surface area contributed by atoms with E-state index in [2.05, 4.69) is 9.97 Å². The minimum absolute atomic E-state index is 0.0131. The van der Waals surface area contributed by atoms with E-state index < -0.39 is 23.3 Å². The monoisotopic (exact) mass is 257 g/mol. The summed E-state index contributed by atoms with van der Waals surface area (Å²) in [5, 5.41) is 0.104. The lowest BCUT2D eigenvalue weighted by molar-refractivity contribution is -0.137. The first-order valence-corrected chi connectivity index (χ1v) is 5.16. The zero-order valence-corrected chi connectivity index (χ0v) is 9.38. The molecule has 0 saturated carbocycles. The van der Waals surface area contributed by atoms with E-state index in [1.54, 1.807) is 6.92 Å². The van der Waals surface area contributed by atoms with E-state index in [0.717, 1.165) is 18.2 Å². The van der Waals surface area contributed by atoms with Crippen LogP contribution in [0.1, 0.15) is 24.4 Å². The third-order valence-corrected chi connectivity index (χ3v) is 2.48. The van der Waals surface area contributed by atoms with Gasteiger partial charge in [0.2, 0.25) is 0 Å². The molecule has 0 aliphatic carbocycles. The number of nitrogens with one attached hydrogen (secondary N) is 1. The Bertz CT molecular complexity index is 646. The third kappa shape index (κ3) is 2.21. The average molecular weight is 257 g/mol. The van der Waals surface area contributed by atoms with Crippen molar-refractivity contribution in [3.8, 4) is 0 Å². The standard InChI is InChI=1S/C11H10F3N3O/c1-5(15)9-16-8-4-6(11(12,13)14)2-3-7(8)10(18)17-9/h2-5H,15H2,1H3,(H,16,17,18). The van der Waals surface area contributed by atoms with Gasteiger partial charge in [-0.3, -0.25) is 4.79 Å². The molecule has 2 aromatic rings. The Kier molecular flexibility index (Phi) is 2.86. The van der Waals surface area contributed by atoms with Gasteiger partial charge in [-0.1, -0.05) is 0 Å². The zero-order valence-electron chi connectivity index (χ0n) is 9.38. The SMILES string of the molecule is CC(N)c1nc2cc(C(F)(F)F)ccc2c(=O)[nH]1. The summed E-state index contributed by atoms with van der Waals surface area (Å²) in [7, 11) is 0. The van der Waals surface area contributed by atoms with Gasteiger partial charge in [-0.15, -0.1) is 0 Å². The van der Waals surface area contributed by atoms with E-state index in [0.29, 0.717) is 0 Å². The van der Waals surface area contributed by atoms with Crippen molar-refractivity contribution in [3.63, 3.8) is 0 Å². The van der Waals surface area contributed by atoms with E-state index in [4.69, 9.17) is 5.73 Å². The van der Waals surface area contributed by atoms with Gasteiger partial charge in [-0.05, 0) is 25.1 Å². The van der Waals surface area contributed by atoms with Gasteiger partial charge in [0, 0.05) is 0 Å². The predicted octanol–water partition coefficient (Wildman–Crippen LogP) is 1.96. The molecule has 0 amide bonds. The van der Waals surface area contributed by atoms with Crippen LogP contribution in [-0.2, 0) is 6.18 Å². The molecule has 7 heteroatoms. The van der Waals surface area contributed by atoms with Crippen molar-refractivity contribution >= 4 is 10.9 Å². The number of fused-ring (bicyclic) bond motifs is 1. The Balaban J connectivity index is 2.72. The van der Waals surface area contributed by atoms with E-state index in [1.807, 2.05) is 0 Å². The summed E-state index contributed by atoms with van der Waals surface area (Å²) < 4.78 is 37.6. The van der Waals surface area contributed by atoms with Crippen molar-refractivity contribution in [2.24, 2.45) is 5.73 Å². The van der Waals surface area contributed by atoms with E-state index in [-0.39, 0.29) is 16.7 Å². The lowest BCUT2D eigenvalue weighted by atomic mass is 10.1. The van der Waals surface area contributed by atoms with Crippen molar-refractivity contribution in [1.82, 2.24) is 9.97 Å². The molecule has 0 bridgehead atoms. The quantitative estimate of drug-likeness (QED) is 0.820. The highest BCUT2D eigenvalue weighted by Crippen LogP contribution is 2.30. The van der Waals surface area contributed by atoms with E-state index in [1.165, 1.54) is 0 Å². The molecule has 4 nitrogen and oxygen atoms in total. The van der Waals surface area contributed by atoms with Crippen LogP contribution in [-0.4, -0.2) is 9.97 Å². The van der Waals surface area contributed by atoms with E-state index >= 15 is 0 Å². The second-order valence-corrected chi connectivity index (χ2v) is 3.97. The Morgan fingerprint density at radius 1 is 1.39 bits per heavy atom. The predicted molar refractivity (Wildman–Crippen MR) is 60.0 cm³/mol. The van der Waals surface area contributed by atoms with Crippen molar-refractivity contribution in [3.05, 3.63) is 39.9 Å². The fourth-order valence-corrected chi connectivity index (χ4v) is 1.55. The molecule has 0 spiro atoms. The maximum Gasteiger partial charge on any atom is 0.416 e. The Labute approximate surface area is 99.6 Å². The molecule has 1 aromatic carbocycles. The number of nitrogens with zero attached hydrogens (tertiary/aromatic N) is 1. The highest BCUT2D eigenvalue weighted by atomic mass is 19.4. The maximum absolute atomic E-state index is 12.5. The molecule has 1 heterocycles. The molecule has 18 heavy (non-hydrogen) atoms. The lowest BCUT2D eigenvalue weighted by Gasteiger charge is -2.09. The Hall–Kier alpha value is -1.89. The molecular weight excluding hydrogens is 247 g/mol. The summed E-state index contributed by atoms with van der Waals surface area (Å²) in [4.78, 5) is 18.0. The van der Waals surface area contributed by atoms with Gasteiger partial charge in [0.25, 0.3) is 5.56 Å². The van der Waals surface area contributed by atoms with Crippen LogP contribution in [0.5, 0.6) is 0 Å². The smallest absolute Gasteiger partial charge is 0.322 e. The number of aromatic amines is 1. The van der Waals surface area contributed by atoms with Crippen molar-refractivity contribution in [1.29, 1.82) is 0 Å². The minimum Gasteiger partial charge on any atom is -0.322 e. The fraction of sp³-hybridized carbons (Fsp3) is 0.273. The maximum atomic E-state index is 12.5. The number of rotatable bonds is 1. The highest BCUT2D eigenvalue weighted by Gasteiger charge is 2.30. The normalized spacial score (nSPS) is 13.8. The van der Waals surface area contributed by atoms with Crippen molar-refractivity contribution in [2.75, 3.05) is 0 Å². The van der Waals surface area contributed by atoms with Crippen LogP contribution in [0.15, 0.2) is 23.0 Å². The fourth-order valence-electron chi connectivity index (χ4n) is 1.55. The largest absolute Gasteiger partial charge is 0.416 e. The number of hydrogen-bond acceptors (Lipinski definition) is 3. The molecule has 96 valence electrons. The first kappa shape index (κ1) is 12.6. The van der Waals surface area contributed by atoms with Crippen LogP contribution >= 0.6 is 0 Å². The van der Waals surface area contributed by atoms with Gasteiger partial charge in [0.15, 0.2) is 0 Å². The summed E-state index contributed by atoms with van der Waals surface area (Å²) in [6, 6.07) is 2.24. The van der Waals surface area contributed by atoms with Gasteiger partial charge >= 0.3 is 6.18 Å². The van der Waals surface area contributed by atoms with E-state index in [9.17, 15) is 18.0 Å². The van der Waals surface area contributed by atoms with Crippen LogP contribution in [0.2, 0.25) is 0 Å². The number of hydrogen-bond donors (Lipinski definition) is 2. The van der Waals surface area contributed by atoms with Gasteiger partial charge in [-0.2, -0.15) is 13.2 Å². The number of nitrogens with two attached hydrogens (primary N) is 1. The second kappa shape index (κ2) is 4.09. The van der Waals surface area contributed by atoms with Crippen LogP contribution in [0.4, 0.5) is 13.2 Å². The number of alkyl halides is 3. The topological polar surface area (TPSA) is 71.8 Å². The molecule has 0 aliphatic heterocycles. The third-order valence-electron chi connectivity index (χ3n) is 2.48. The summed E-state index contributed by atoms with van der Waals surface area (Å²) in [5.41, 5.74) is 4.19. The second-order valence-electron chi connectivity index (χ2n) is 3.97.